The summed E-state index contributed by atoms with van der Waals surface area (Å²) >= 11 is 0. The number of aryl methyl sites for hydroxylation is 2. The maximum atomic E-state index is 14.2. The van der Waals surface area contributed by atoms with E-state index in [0.29, 0.717) is 16.5 Å². The van der Waals surface area contributed by atoms with Crippen LogP contribution in [-0.2, 0) is 0 Å². The molecule has 106 valence electrons. The Kier molecular flexibility index (Phi) is 3.05. The second kappa shape index (κ2) is 4.77. The molecule has 0 aliphatic heterocycles. The number of nitrogens with zero attached hydrogens (tertiary/aromatic N) is 2. The minimum absolute atomic E-state index is 0.0377. The molecule has 0 unspecified atom stereocenters. The standard InChI is InChI=1S/C16H13F2N3/c1-8-4-3-5-11-12(8)15(19)21-16(20-11)13-10(17)7-6-9(2)14(13)18/h3-7H,1-2H3,(H2,19,20,21). The summed E-state index contributed by atoms with van der Waals surface area (Å²) in [6.07, 6.45) is 0. The number of benzene rings is 2. The summed E-state index contributed by atoms with van der Waals surface area (Å²) in [7, 11) is 0. The molecule has 1 heterocycles. The molecule has 0 aliphatic carbocycles. The van der Waals surface area contributed by atoms with Crippen LogP contribution >= 0.6 is 0 Å². The third kappa shape index (κ3) is 2.11. The SMILES string of the molecule is Cc1ccc(F)c(-c2nc(N)c3c(C)cccc3n2)c1F. The second-order valence-corrected chi connectivity index (χ2v) is 4.95. The fourth-order valence-corrected chi connectivity index (χ4v) is 2.36. The van der Waals surface area contributed by atoms with Crippen LogP contribution in [0.15, 0.2) is 30.3 Å². The fraction of sp³-hybridized carbons (Fsp3) is 0.125. The van der Waals surface area contributed by atoms with Crippen molar-refractivity contribution < 1.29 is 8.78 Å². The summed E-state index contributed by atoms with van der Waals surface area (Å²) in [6.45, 7) is 3.45. The van der Waals surface area contributed by atoms with Crippen LogP contribution in [0.4, 0.5) is 14.6 Å². The van der Waals surface area contributed by atoms with E-state index in [1.165, 1.54) is 12.1 Å². The Labute approximate surface area is 120 Å². The van der Waals surface area contributed by atoms with Crippen LogP contribution in [0, 0.1) is 25.5 Å². The quantitative estimate of drug-likeness (QED) is 0.740. The van der Waals surface area contributed by atoms with Crippen molar-refractivity contribution in [3.63, 3.8) is 0 Å². The molecule has 0 saturated carbocycles. The smallest absolute Gasteiger partial charge is 0.168 e. The summed E-state index contributed by atoms with van der Waals surface area (Å²) < 4.78 is 28.2. The maximum absolute atomic E-state index is 14.2. The van der Waals surface area contributed by atoms with Gasteiger partial charge in [0.1, 0.15) is 17.5 Å². The van der Waals surface area contributed by atoms with Gasteiger partial charge in [0, 0.05) is 5.39 Å². The van der Waals surface area contributed by atoms with Crippen LogP contribution in [0.25, 0.3) is 22.3 Å². The molecule has 3 rings (SSSR count). The van der Waals surface area contributed by atoms with Crippen molar-refractivity contribution >= 4 is 16.7 Å². The van der Waals surface area contributed by atoms with Crippen LogP contribution < -0.4 is 5.73 Å². The Morgan fingerprint density at radius 1 is 0.952 bits per heavy atom. The Hall–Kier alpha value is -2.56. The number of hydrogen-bond donors (Lipinski definition) is 1. The molecule has 2 N–H and O–H groups in total. The van der Waals surface area contributed by atoms with E-state index in [1.807, 2.05) is 19.1 Å². The number of aromatic nitrogens is 2. The van der Waals surface area contributed by atoms with Gasteiger partial charge in [0.05, 0.1) is 11.1 Å². The van der Waals surface area contributed by atoms with Gasteiger partial charge in [-0.15, -0.1) is 0 Å². The zero-order valence-corrected chi connectivity index (χ0v) is 11.6. The molecule has 0 saturated heterocycles. The molecule has 0 aliphatic rings. The van der Waals surface area contributed by atoms with E-state index in [0.717, 1.165) is 5.56 Å². The highest BCUT2D eigenvalue weighted by atomic mass is 19.1. The number of halogens is 2. The van der Waals surface area contributed by atoms with E-state index in [1.54, 1.807) is 13.0 Å². The average molecular weight is 285 g/mol. The Morgan fingerprint density at radius 3 is 2.48 bits per heavy atom. The van der Waals surface area contributed by atoms with Crippen molar-refractivity contribution in [2.75, 3.05) is 5.73 Å². The van der Waals surface area contributed by atoms with Gasteiger partial charge < -0.3 is 5.73 Å². The highest BCUT2D eigenvalue weighted by Gasteiger charge is 2.18. The lowest BCUT2D eigenvalue weighted by Crippen LogP contribution is -2.02. The number of hydrogen-bond acceptors (Lipinski definition) is 3. The Bertz CT molecular complexity index is 860. The van der Waals surface area contributed by atoms with Gasteiger partial charge >= 0.3 is 0 Å². The van der Waals surface area contributed by atoms with Crippen LogP contribution in [0.5, 0.6) is 0 Å². The predicted octanol–water partition coefficient (Wildman–Crippen LogP) is 3.77. The van der Waals surface area contributed by atoms with E-state index < -0.39 is 11.6 Å². The van der Waals surface area contributed by atoms with Gasteiger partial charge in [-0.3, -0.25) is 0 Å². The maximum Gasteiger partial charge on any atom is 0.168 e. The first kappa shape index (κ1) is 13.4. The van der Waals surface area contributed by atoms with Crippen LogP contribution in [-0.4, -0.2) is 9.97 Å². The molecule has 1 aromatic heterocycles. The molecule has 0 amide bonds. The fourth-order valence-electron chi connectivity index (χ4n) is 2.36. The molecule has 0 bridgehead atoms. The van der Waals surface area contributed by atoms with Gasteiger partial charge in [0.2, 0.25) is 0 Å². The largest absolute Gasteiger partial charge is 0.383 e. The van der Waals surface area contributed by atoms with Gasteiger partial charge in [-0.25, -0.2) is 18.7 Å². The lowest BCUT2D eigenvalue weighted by atomic mass is 10.1. The summed E-state index contributed by atoms with van der Waals surface area (Å²) in [5, 5.41) is 0.703. The van der Waals surface area contributed by atoms with Crippen molar-refractivity contribution in [1.82, 2.24) is 9.97 Å². The molecule has 0 spiro atoms. The number of anilines is 1. The van der Waals surface area contributed by atoms with Crippen molar-refractivity contribution in [1.29, 1.82) is 0 Å². The number of fused-ring (bicyclic) bond motifs is 1. The monoisotopic (exact) mass is 285 g/mol. The van der Waals surface area contributed by atoms with Crippen molar-refractivity contribution in [2.45, 2.75) is 13.8 Å². The first-order valence-corrected chi connectivity index (χ1v) is 6.47. The van der Waals surface area contributed by atoms with Gasteiger partial charge in [-0.05, 0) is 37.1 Å². The third-order valence-electron chi connectivity index (χ3n) is 3.47. The molecule has 5 heteroatoms. The van der Waals surface area contributed by atoms with Gasteiger partial charge in [0.25, 0.3) is 0 Å². The summed E-state index contributed by atoms with van der Waals surface area (Å²) in [5.74, 6) is -1.19. The summed E-state index contributed by atoms with van der Waals surface area (Å²) in [4.78, 5) is 8.34. The minimum atomic E-state index is -0.704. The number of nitrogen functional groups attached to an aromatic ring is 1. The Morgan fingerprint density at radius 2 is 1.71 bits per heavy atom. The van der Waals surface area contributed by atoms with Gasteiger partial charge in [-0.1, -0.05) is 18.2 Å². The zero-order valence-electron chi connectivity index (χ0n) is 11.6. The molecule has 0 fully saturated rings. The molecular formula is C16H13F2N3. The van der Waals surface area contributed by atoms with Gasteiger partial charge in [-0.2, -0.15) is 0 Å². The first-order valence-electron chi connectivity index (χ1n) is 6.47. The van der Waals surface area contributed by atoms with Crippen molar-refractivity contribution in [3.05, 3.63) is 53.1 Å². The average Bonchev–Trinajstić information content (AvgIpc) is 2.43. The minimum Gasteiger partial charge on any atom is -0.383 e. The Balaban J connectivity index is 2.35. The molecule has 0 radical (unpaired) electrons. The lowest BCUT2D eigenvalue weighted by Gasteiger charge is -2.10. The summed E-state index contributed by atoms with van der Waals surface area (Å²) in [5.41, 5.74) is 7.51. The lowest BCUT2D eigenvalue weighted by molar-refractivity contribution is 0.582. The zero-order chi connectivity index (χ0) is 15.1. The first-order chi connectivity index (χ1) is 9.99. The predicted molar refractivity (Wildman–Crippen MR) is 78.8 cm³/mol. The van der Waals surface area contributed by atoms with Crippen molar-refractivity contribution in [2.24, 2.45) is 0 Å². The van der Waals surface area contributed by atoms with E-state index in [2.05, 4.69) is 9.97 Å². The molecule has 21 heavy (non-hydrogen) atoms. The number of rotatable bonds is 1. The van der Waals surface area contributed by atoms with E-state index in [9.17, 15) is 8.78 Å². The van der Waals surface area contributed by atoms with Gasteiger partial charge in [0.15, 0.2) is 5.82 Å². The molecule has 3 nitrogen and oxygen atoms in total. The van der Waals surface area contributed by atoms with Crippen molar-refractivity contribution in [3.8, 4) is 11.4 Å². The van der Waals surface area contributed by atoms with E-state index in [-0.39, 0.29) is 17.2 Å². The van der Waals surface area contributed by atoms with E-state index >= 15 is 0 Å². The molecule has 2 aromatic carbocycles. The normalized spacial score (nSPS) is 11.0. The highest BCUT2D eigenvalue weighted by Crippen LogP contribution is 2.29. The van der Waals surface area contributed by atoms with Crippen LogP contribution in [0.3, 0.4) is 0 Å². The molecular weight excluding hydrogens is 272 g/mol. The molecule has 3 aromatic rings. The van der Waals surface area contributed by atoms with Crippen LogP contribution in [0.1, 0.15) is 11.1 Å². The van der Waals surface area contributed by atoms with Crippen LogP contribution in [0.2, 0.25) is 0 Å². The second-order valence-electron chi connectivity index (χ2n) is 4.95. The third-order valence-corrected chi connectivity index (χ3v) is 3.47. The number of nitrogens with two attached hydrogens (primary N) is 1. The highest BCUT2D eigenvalue weighted by molar-refractivity contribution is 5.92. The summed E-state index contributed by atoms with van der Waals surface area (Å²) in [6, 6.07) is 8.03. The van der Waals surface area contributed by atoms with E-state index in [4.69, 9.17) is 5.73 Å². The topological polar surface area (TPSA) is 51.8 Å². The molecule has 0 atom stereocenters.